The number of nitrogens with two attached hydrogens (primary N) is 1. The molecule has 0 spiro atoms. The maximum atomic E-state index is 13.3. The van der Waals surface area contributed by atoms with E-state index in [0.29, 0.717) is 36.1 Å². The first kappa shape index (κ1) is 19.0. The summed E-state index contributed by atoms with van der Waals surface area (Å²) in [5.41, 5.74) is 7.42. The van der Waals surface area contributed by atoms with E-state index in [2.05, 4.69) is 6.92 Å². The summed E-state index contributed by atoms with van der Waals surface area (Å²) in [7, 11) is 0. The molecule has 1 fully saturated rings. The Balaban J connectivity index is 1.65. The lowest BCUT2D eigenvalue weighted by molar-refractivity contribution is 0.0712. The second-order valence-corrected chi connectivity index (χ2v) is 8.34. The lowest BCUT2D eigenvalue weighted by Gasteiger charge is -2.20. The van der Waals surface area contributed by atoms with Crippen molar-refractivity contribution >= 4 is 28.6 Å². The molecular weight excluding hydrogens is 375 g/mol. The summed E-state index contributed by atoms with van der Waals surface area (Å²) in [5.74, 6) is 0.980. The molecule has 2 unspecified atom stereocenters. The summed E-state index contributed by atoms with van der Waals surface area (Å²) >= 11 is 1.56. The van der Waals surface area contributed by atoms with Gasteiger partial charge in [-0.25, -0.2) is 4.39 Å². The highest BCUT2D eigenvalue weighted by atomic mass is 32.2. The van der Waals surface area contributed by atoms with E-state index in [1.807, 2.05) is 29.2 Å². The quantitative estimate of drug-likeness (QED) is 0.635. The van der Waals surface area contributed by atoms with Crippen molar-refractivity contribution in [2.45, 2.75) is 30.0 Å². The number of carbonyl (C=O) groups excluding carboxylic acids is 1. The van der Waals surface area contributed by atoms with Crippen LogP contribution in [0.3, 0.4) is 0 Å². The van der Waals surface area contributed by atoms with E-state index in [1.165, 1.54) is 12.1 Å². The fraction of sp³-hybridized carbons (Fsp3) is 0.318. The number of rotatable bonds is 5. The zero-order chi connectivity index (χ0) is 19.7. The Morgan fingerprint density at radius 1 is 1.25 bits per heavy atom. The number of hydrogen-bond donors (Lipinski definition) is 1. The third kappa shape index (κ3) is 3.66. The smallest absolute Gasteiger partial charge is 0.290 e. The summed E-state index contributed by atoms with van der Waals surface area (Å²) in [4.78, 5) is 16.1. The number of thioether (sulfide) groups is 1. The molecule has 4 nitrogen and oxygen atoms in total. The fourth-order valence-corrected chi connectivity index (χ4v) is 4.75. The Bertz CT molecular complexity index is 986. The minimum Gasteiger partial charge on any atom is -0.451 e. The van der Waals surface area contributed by atoms with Gasteiger partial charge < -0.3 is 15.1 Å². The molecule has 6 heteroatoms. The number of fused-ring (bicyclic) bond motifs is 1. The van der Waals surface area contributed by atoms with Crippen molar-refractivity contribution in [1.29, 1.82) is 0 Å². The second kappa shape index (κ2) is 7.97. The molecule has 1 saturated heterocycles. The van der Waals surface area contributed by atoms with Gasteiger partial charge in [0.2, 0.25) is 0 Å². The van der Waals surface area contributed by atoms with Gasteiger partial charge in [-0.1, -0.05) is 18.2 Å². The van der Waals surface area contributed by atoms with Gasteiger partial charge in [0, 0.05) is 34.2 Å². The second-order valence-electron chi connectivity index (χ2n) is 7.29. The molecule has 1 amide bonds. The lowest BCUT2D eigenvalue weighted by atomic mass is 10.1. The SMILES string of the molecule is CC1CC(CN)CN1C(=O)c1oc2ccccc2c1CSc1ccc(F)cc1. The molecule has 146 valence electrons. The number of likely N-dealkylation sites (tertiary alicyclic amines) is 1. The van der Waals surface area contributed by atoms with E-state index < -0.39 is 0 Å². The van der Waals surface area contributed by atoms with E-state index in [1.54, 1.807) is 23.9 Å². The first-order chi connectivity index (χ1) is 13.6. The van der Waals surface area contributed by atoms with E-state index in [0.717, 1.165) is 22.3 Å². The first-order valence-corrected chi connectivity index (χ1v) is 10.4. The predicted molar refractivity (Wildman–Crippen MR) is 110 cm³/mol. The number of benzene rings is 2. The Morgan fingerprint density at radius 3 is 2.71 bits per heavy atom. The third-order valence-electron chi connectivity index (χ3n) is 5.34. The summed E-state index contributed by atoms with van der Waals surface area (Å²) < 4.78 is 19.2. The first-order valence-electron chi connectivity index (χ1n) is 9.46. The van der Waals surface area contributed by atoms with Gasteiger partial charge in [0.05, 0.1) is 0 Å². The minimum atomic E-state index is -0.258. The van der Waals surface area contributed by atoms with E-state index in [4.69, 9.17) is 10.2 Å². The van der Waals surface area contributed by atoms with Gasteiger partial charge in [-0.3, -0.25) is 4.79 Å². The van der Waals surface area contributed by atoms with Gasteiger partial charge in [-0.15, -0.1) is 11.8 Å². The van der Waals surface area contributed by atoms with Crippen LogP contribution >= 0.6 is 11.8 Å². The highest BCUT2D eigenvalue weighted by molar-refractivity contribution is 7.98. The molecule has 4 rings (SSSR count). The van der Waals surface area contributed by atoms with Crippen LogP contribution in [0.25, 0.3) is 11.0 Å². The van der Waals surface area contributed by atoms with Gasteiger partial charge in [0.1, 0.15) is 11.4 Å². The average Bonchev–Trinajstić information content (AvgIpc) is 3.27. The van der Waals surface area contributed by atoms with Crippen molar-refractivity contribution < 1.29 is 13.6 Å². The number of amides is 1. The van der Waals surface area contributed by atoms with Gasteiger partial charge in [-0.05, 0) is 56.1 Å². The van der Waals surface area contributed by atoms with E-state index >= 15 is 0 Å². The zero-order valence-corrected chi connectivity index (χ0v) is 16.5. The van der Waals surface area contributed by atoms with E-state index in [9.17, 15) is 9.18 Å². The molecule has 1 aliphatic rings. The number of hydrogen-bond acceptors (Lipinski definition) is 4. The van der Waals surface area contributed by atoms with E-state index in [-0.39, 0.29) is 17.8 Å². The van der Waals surface area contributed by atoms with Crippen LogP contribution in [-0.2, 0) is 5.75 Å². The van der Waals surface area contributed by atoms with Crippen molar-refractivity contribution in [1.82, 2.24) is 4.90 Å². The third-order valence-corrected chi connectivity index (χ3v) is 6.38. The average molecular weight is 399 g/mol. The molecule has 0 saturated carbocycles. The lowest BCUT2D eigenvalue weighted by Crippen LogP contribution is -2.34. The monoisotopic (exact) mass is 398 g/mol. The van der Waals surface area contributed by atoms with Crippen molar-refractivity contribution in [2.75, 3.05) is 13.1 Å². The Kier molecular flexibility index (Phi) is 5.42. The fourth-order valence-electron chi connectivity index (χ4n) is 3.83. The molecule has 2 aromatic carbocycles. The van der Waals surface area contributed by atoms with Gasteiger partial charge in [-0.2, -0.15) is 0 Å². The van der Waals surface area contributed by atoms with Crippen LogP contribution in [0, 0.1) is 11.7 Å². The van der Waals surface area contributed by atoms with Crippen molar-refractivity contribution in [3.05, 3.63) is 65.7 Å². The Hall–Kier alpha value is -2.31. The molecule has 0 aliphatic carbocycles. The molecule has 2 N–H and O–H groups in total. The minimum absolute atomic E-state index is 0.0747. The molecule has 1 aromatic heterocycles. The van der Waals surface area contributed by atoms with Crippen molar-refractivity contribution in [3.8, 4) is 0 Å². The number of nitrogens with zero attached hydrogens (tertiary/aromatic N) is 1. The zero-order valence-electron chi connectivity index (χ0n) is 15.7. The number of furan rings is 1. The van der Waals surface area contributed by atoms with Crippen LogP contribution in [0.1, 0.15) is 29.5 Å². The summed E-state index contributed by atoms with van der Waals surface area (Å²) in [5, 5.41) is 0.947. The molecule has 2 heterocycles. The predicted octanol–water partition coefficient (Wildman–Crippen LogP) is 4.67. The number of para-hydroxylation sites is 1. The van der Waals surface area contributed by atoms with Crippen molar-refractivity contribution in [3.63, 3.8) is 0 Å². The Labute approximate surface area is 167 Å². The normalized spacial score (nSPS) is 19.5. The highest BCUT2D eigenvalue weighted by Gasteiger charge is 2.35. The van der Waals surface area contributed by atoms with Crippen LogP contribution in [0.2, 0.25) is 0 Å². The van der Waals surface area contributed by atoms with Crippen LogP contribution in [0.5, 0.6) is 0 Å². The number of halogens is 1. The standard InChI is InChI=1S/C22H23FN2O2S/c1-14-10-15(11-24)12-25(14)22(26)21-19(18-4-2-3-5-20(18)27-21)13-28-17-8-6-16(23)7-9-17/h2-9,14-15H,10-13,24H2,1H3. The molecule has 0 bridgehead atoms. The van der Waals surface area contributed by atoms with Crippen molar-refractivity contribution in [2.24, 2.45) is 11.7 Å². The number of carbonyl (C=O) groups is 1. The molecule has 1 aliphatic heterocycles. The summed E-state index contributed by atoms with van der Waals surface area (Å²) in [6.45, 7) is 3.31. The maximum absolute atomic E-state index is 13.3. The largest absolute Gasteiger partial charge is 0.451 e. The molecule has 28 heavy (non-hydrogen) atoms. The Morgan fingerprint density at radius 2 is 2.00 bits per heavy atom. The van der Waals surface area contributed by atoms with Gasteiger partial charge >= 0.3 is 0 Å². The molecule has 0 radical (unpaired) electrons. The molecular formula is C22H23FN2O2S. The highest BCUT2D eigenvalue weighted by Crippen LogP contribution is 2.34. The van der Waals surface area contributed by atoms with Crippen LogP contribution in [0.4, 0.5) is 4.39 Å². The van der Waals surface area contributed by atoms with Gasteiger partial charge in [0.15, 0.2) is 5.76 Å². The summed E-state index contributed by atoms with van der Waals surface area (Å²) in [6.07, 6.45) is 0.919. The van der Waals surface area contributed by atoms with Crippen LogP contribution in [0.15, 0.2) is 57.8 Å². The van der Waals surface area contributed by atoms with Gasteiger partial charge in [0.25, 0.3) is 5.91 Å². The van der Waals surface area contributed by atoms with Crippen LogP contribution < -0.4 is 5.73 Å². The maximum Gasteiger partial charge on any atom is 0.290 e. The summed E-state index contributed by atoms with van der Waals surface area (Å²) in [6, 6.07) is 14.2. The topological polar surface area (TPSA) is 59.5 Å². The molecule has 3 aromatic rings. The van der Waals surface area contributed by atoms with Crippen LogP contribution in [-0.4, -0.2) is 29.9 Å². The molecule has 2 atom stereocenters.